The number of benzene rings is 1. The van der Waals surface area contributed by atoms with Gasteiger partial charge in [-0.2, -0.15) is 0 Å². The van der Waals surface area contributed by atoms with E-state index in [0.29, 0.717) is 0 Å². The first kappa shape index (κ1) is 12.6. The molecule has 0 radical (unpaired) electrons. The van der Waals surface area contributed by atoms with Gasteiger partial charge in [0.2, 0.25) is 0 Å². The Labute approximate surface area is 104 Å². The highest BCUT2D eigenvalue weighted by atomic mass is 16.3. The first-order valence-electron chi connectivity index (χ1n) is 6.65. The van der Waals surface area contributed by atoms with Gasteiger partial charge in [0.15, 0.2) is 0 Å². The minimum absolute atomic E-state index is 0.208. The molecule has 1 N–H and O–H groups in total. The highest BCUT2D eigenvalue weighted by molar-refractivity contribution is 5.18. The average molecular weight is 233 g/mol. The Morgan fingerprint density at radius 1 is 1.29 bits per heavy atom. The second-order valence-corrected chi connectivity index (χ2v) is 5.34. The molecular formula is C15H23NO. The first-order valence-corrected chi connectivity index (χ1v) is 6.65. The Bertz CT molecular complexity index is 338. The van der Waals surface area contributed by atoms with Gasteiger partial charge in [-0.05, 0) is 37.8 Å². The molecule has 1 heterocycles. The standard InChI is InChI=1S/C15H23NO/c1-12-7-6-10-16(11-12)13(2)15(17)14-8-4-3-5-9-14/h3-5,8-9,12-13,15,17H,6-7,10-11H2,1-2H3. The van der Waals surface area contributed by atoms with E-state index in [1.807, 2.05) is 30.3 Å². The Hall–Kier alpha value is -0.860. The van der Waals surface area contributed by atoms with E-state index in [4.69, 9.17) is 0 Å². The molecule has 1 aliphatic heterocycles. The van der Waals surface area contributed by atoms with Crippen LogP contribution in [0.3, 0.4) is 0 Å². The molecule has 2 nitrogen and oxygen atoms in total. The number of nitrogens with zero attached hydrogens (tertiary/aromatic N) is 1. The summed E-state index contributed by atoms with van der Waals surface area (Å²) in [7, 11) is 0. The third-order valence-electron chi connectivity index (χ3n) is 3.86. The van der Waals surface area contributed by atoms with Gasteiger partial charge in [0.25, 0.3) is 0 Å². The molecule has 1 aromatic rings. The van der Waals surface area contributed by atoms with Crippen molar-refractivity contribution in [2.45, 2.75) is 38.8 Å². The Morgan fingerprint density at radius 3 is 2.65 bits per heavy atom. The molecule has 1 saturated heterocycles. The molecule has 1 fully saturated rings. The van der Waals surface area contributed by atoms with Crippen LogP contribution in [0.25, 0.3) is 0 Å². The lowest BCUT2D eigenvalue weighted by molar-refractivity contribution is 0.0352. The number of hydrogen-bond acceptors (Lipinski definition) is 2. The van der Waals surface area contributed by atoms with E-state index >= 15 is 0 Å². The van der Waals surface area contributed by atoms with Gasteiger partial charge in [-0.3, -0.25) is 4.90 Å². The van der Waals surface area contributed by atoms with Gasteiger partial charge in [0.05, 0.1) is 6.10 Å². The molecule has 94 valence electrons. The number of likely N-dealkylation sites (tertiary alicyclic amines) is 1. The molecule has 2 heteroatoms. The van der Waals surface area contributed by atoms with Crippen LogP contribution in [0.5, 0.6) is 0 Å². The van der Waals surface area contributed by atoms with E-state index in [0.717, 1.165) is 24.6 Å². The van der Waals surface area contributed by atoms with Crippen LogP contribution in [-0.4, -0.2) is 29.1 Å². The van der Waals surface area contributed by atoms with E-state index in [-0.39, 0.29) is 12.1 Å². The minimum Gasteiger partial charge on any atom is -0.387 e. The van der Waals surface area contributed by atoms with Crippen LogP contribution < -0.4 is 0 Å². The van der Waals surface area contributed by atoms with Crippen molar-refractivity contribution >= 4 is 0 Å². The van der Waals surface area contributed by atoms with Crippen LogP contribution in [0, 0.1) is 5.92 Å². The van der Waals surface area contributed by atoms with Gasteiger partial charge in [-0.15, -0.1) is 0 Å². The number of aliphatic hydroxyl groups is 1. The van der Waals surface area contributed by atoms with Crippen molar-refractivity contribution in [1.29, 1.82) is 0 Å². The summed E-state index contributed by atoms with van der Waals surface area (Å²) in [6.07, 6.45) is 2.21. The molecule has 1 aliphatic rings. The van der Waals surface area contributed by atoms with E-state index in [1.54, 1.807) is 0 Å². The Balaban J connectivity index is 2.01. The summed E-state index contributed by atoms with van der Waals surface area (Å²) in [5.74, 6) is 0.758. The zero-order valence-electron chi connectivity index (χ0n) is 10.8. The molecule has 1 aromatic carbocycles. The highest BCUT2D eigenvalue weighted by Crippen LogP contribution is 2.25. The smallest absolute Gasteiger partial charge is 0.0942 e. The molecular weight excluding hydrogens is 210 g/mol. The van der Waals surface area contributed by atoms with Crippen LogP contribution in [0.1, 0.15) is 38.4 Å². The van der Waals surface area contributed by atoms with Crippen molar-refractivity contribution in [3.63, 3.8) is 0 Å². The molecule has 3 atom stereocenters. The molecule has 2 rings (SSSR count). The highest BCUT2D eigenvalue weighted by Gasteiger charge is 2.26. The zero-order valence-corrected chi connectivity index (χ0v) is 10.8. The van der Waals surface area contributed by atoms with Crippen LogP contribution >= 0.6 is 0 Å². The van der Waals surface area contributed by atoms with Crippen LogP contribution in [0.2, 0.25) is 0 Å². The van der Waals surface area contributed by atoms with E-state index in [9.17, 15) is 5.11 Å². The quantitative estimate of drug-likeness (QED) is 0.867. The predicted molar refractivity (Wildman–Crippen MR) is 70.8 cm³/mol. The van der Waals surface area contributed by atoms with Crippen molar-refractivity contribution < 1.29 is 5.11 Å². The maximum absolute atomic E-state index is 10.4. The lowest BCUT2D eigenvalue weighted by Crippen LogP contribution is -2.43. The lowest BCUT2D eigenvalue weighted by Gasteiger charge is -2.37. The molecule has 0 saturated carbocycles. The van der Waals surface area contributed by atoms with Gasteiger partial charge >= 0.3 is 0 Å². The number of piperidine rings is 1. The monoisotopic (exact) mass is 233 g/mol. The molecule has 3 unspecified atom stereocenters. The average Bonchev–Trinajstić information content (AvgIpc) is 2.38. The molecule has 0 bridgehead atoms. The summed E-state index contributed by atoms with van der Waals surface area (Å²) in [5, 5.41) is 10.4. The van der Waals surface area contributed by atoms with Gasteiger partial charge in [0, 0.05) is 12.6 Å². The number of rotatable bonds is 3. The van der Waals surface area contributed by atoms with Crippen LogP contribution in [-0.2, 0) is 0 Å². The van der Waals surface area contributed by atoms with Crippen LogP contribution in [0.4, 0.5) is 0 Å². The summed E-state index contributed by atoms with van der Waals surface area (Å²) in [6.45, 7) is 6.67. The number of aliphatic hydroxyl groups excluding tert-OH is 1. The molecule has 17 heavy (non-hydrogen) atoms. The summed E-state index contributed by atoms with van der Waals surface area (Å²) >= 11 is 0. The normalized spacial score (nSPS) is 25.5. The van der Waals surface area contributed by atoms with Crippen molar-refractivity contribution in [3.8, 4) is 0 Å². The molecule has 0 aromatic heterocycles. The maximum atomic E-state index is 10.4. The summed E-state index contributed by atoms with van der Waals surface area (Å²) < 4.78 is 0. The van der Waals surface area contributed by atoms with Gasteiger partial charge in [0.1, 0.15) is 0 Å². The van der Waals surface area contributed by atoms with Crippen molar-refractivity contribution in [1.82, 2.24) is 4.90 Å². The lowest BCUT2D eigenvalue weighted by atomic mass is 9.95. The fraction of sp³-hybridized carbons (Fsp3) is 0.600. The maximum Gasteiger partial charge on any atom is 0.0942 e. The third-order valence-corrected chi connectivity index (χ3v) is 3.86. The van der Waals surface area contributed by atoms with E-state index in [2.05, 4.69) is 18.7 Å². The summed E-state index contributed by atoms with van der Waals surface area (Å²) in [5.41, 5.74) is 1.03. The van der Waals surface area contributed by atoms with Crippen molar-refractivity contribution in [2.75, 3.05) is 13.1 Å². The summed E-state index contributed by atoms with van der Waals surface area (Å²) in [6, 6.07) is 10.2. The van der Waals surface area contributed by atoms with Crippen molar-refractivity contribution in [3.05, 3.63) is 35.9 Å². The number of hydrogen-bond donors (Lipinski definition) is 1. The third kappa shape index (κ3) is 3.08. The predicted octanol–water partition coefficient (Wildman–Crippen LogP) is 2.84. The second-order valence-electron chi connectivity index (χ2n) is 5.34. The fourth-order valence-electron chi connectivity index (χ4n) is 2.72. The zero-order chi connectivity index (χ0) is 12.3. The van der Waals surface area contributed by atoms with Gasteiger partial charge < -0.3 is 5.11 Å². The SMILES string of the molecule is CC1CCCN(C(C)C(O)c2ccccc2)C1. The summed E-state index contributed by atoms with van der Waals surface area (Å²) in [4.78, 5) is 2.42. The minimum atomic E-state index is -0.374. The Morgan fingerprint density at radius 2 is 2.00 bits per heavy atom. The fourth-order valence-corrected chi connectivity index (χ4v) is 2.72. The Kier molecular flexibility index (Phi) is 4.19. The first-order chi connectivity index (χ1) is 8.18. The topological polar surface area (TPSA) is 23.5 Å². The molecule has 0 spiro atoms. The molecule has 0 amide bonds. The van der Waals surface area contributed by atoms with E-state index < -0.39 is 0 Å². The van der Waals surface area contributed by atoms with Crippen molar-refractivity contribution in [2.24, 2.45) is 5.92 Å². The largest absolute Gasteiger partial charge is 0.387 e. The van der Waals surface area contributed by atoms with E-state index in [1.165, 1.54) is 12.8 Å². The van der Waals surface area contributed by atoms with Gasteiger partial charge in [-0.25, -0.2) is 0 Å². The molecule has 0 aliphatic carbocycles. The van der Waals surface area contributed by atoms with Gasteiger partial charge in [-0.1, -0.05) is 37.3 Å². The van der Waals surface area contributed by atoms with Crippen LogP contribution in [0.15, 0.2) is 30.3 Å². The second kappa shape index (κ2) is 5.65.